The highest BCUT2D eigenvalue weighted by atomic mass is 32.1. The number of fused-ring (bicyclic) bond motifs is 1. The molecule has 2 heterocycles. The van der Waals surface area contributed by atoms with Crippen LogP contribution in [0, 0.1) is 0 Å². The largest absolute Gasteiger partial charge is 0.480 e. The maximum Gasteiger partial charge on any atom is 0.327 e. The van der Waals surface area contributed by atoms with Gasteiger partial charge in [-0.15, -0.1) is 0 Å². The van der Waals surface area contributed by atoms with Crippen molar-refractivity contribution in [3.05, 3.63) is 54.2 Å². The molecule has 4 unspecified atom stereocenters. The zero-order valence-corrected chi connectivity index (χ0v) is 20.4. The number of amides is 3. The van der Waals surface area contributed by atoms with Gasteiger partial charge in [0.25, 0.3) is 0 Å². The third-order valence-corrected chi connectivity index (χ3v) is 5.92. The van der Waals surface area contributed by atoms with Gasteiger partial charge in [0.15, 0.2) is 0 Å². The Morgan fingerprint density at radius 1 is 1.00 bits per heavy atom. The number of rotatable bonds is 12. The molecular weight excluding hydrogens is 486 g/mol. The number of carboxylic acid groups (broad SMARTS) is 1. The molecule has 0 spiro atoms. The molecule has 1 aromatic carbocycles. The maximum atomic E-state index is 13.3. The monoisotopic (exact) mass is 515 g/mol. The van der Waals surface area contributed by atoms with Gasteiger partial charge < -0.3 is 36.8 Å². The van der Waals surface area contributed by atoms with Gasteiger partial charge in [0.1, 0.15) is 18.1 Å². The summed E-state index contributed by atoms with van der Waals surface area (Å²) in [5, 5.41) is 17.9. The van der Waals surface area contributed by atoms with Gasteiger partial charge in [-0.3, -0.25) is 14.4 Å². The Labute approximate surface area is 212 Å². The summed E-state index contributed by atoms with van der Waals surface area (Å²) in [5.41, 5.74) is 7.83. The Morgan fingerprint density at radius 2 is 1.64 bits per heavy atom. The van der Waals surface area contributed by atoms with Crippen LogP contribution >= 0.6 is 12.6 Å². The smallest absolute Gasteiger partial charge is 0.327 e. The van der Waals surface area contributed by atoms with Gasteiger partial charge in [-0.1, -0.05) is 18.2 Å². The Morgan fingerprint density at radius 3 is 2.25 bits per heavy atom. The van der Waals surface area contributed by atoms with E-state index >= 15 is 0 Å². The van der Waals surface area contributed by atoms with Crippen LogP contribution in [0.3, 0.4) is 0 Å². The van der Waals surface area contributed by atoms with Crippen molar-refractivity contribution in [1.82, 2.24) is 30.9 Å². The molecule has 0 saturated carbocycles. The zero-order valence-electron chi connectivity index (χ0n) is 19.5. The predicted octanol–water partition coefficient (Wildman–Crippen LogP) is -0.508. The van der Waals surface area contributed by atoms with Gasteiger partial charge in [-0.25, -0.2) is 9.78 Å². The van der Waals surface area contributed by atoms with E-state index in [4.69, 9.17) is 5.73 Å². The SMILES string of the molecule is CC(N)C(=O)NC(Cc1cnc[nH]1)C(=O)NC(Cc1c[nH]c2ccccc12)C(=O)NC(CS)C(=O)O. The van der Waals surface area contributed by atoms with E-state index in [1.807, 2.05) is 24.3 Å². The highest BCUT2D eigenvalue weighted by Crippen LogP contribution is 2.19. The number of aromatic nitrogens is 3. The number of carbonyl (C=O) groups is 4. The molecule has 192 valence electrons. The fourth-order valence-electron chi connectivity index (χ4n) is 3.59. The number of carboxylic acids is 1. The Hall–Kier alpha value is -3.84. The molecule has 13 heteroatoms. The molecule has 12 nitrogen and oxygen atoms in total. The van der Waals surface area contributed by atoms with E-state index in [0.717, 1.165) is 16.5 Å². The number of thiol groups is 1. The minimum Gasteiger partial charge on any atom is -0.480 e. The minimum absolute atomic E-state index is 0.0680. The molecule has 36 heavy (non-hydrogen) atoms. The number of para-hydroxylation sites is 1. The average molecular weight is 516 g/mol. The van der Waals surface area contributed by atoms with E-state index in [1.165, 1.54) is 19.4 Å². The van der Waals surface area contributed by atoms with E-state index in [-0.39, 0.29) is 18.6 Å². The van der Waals surface area contributed by atoms with Gasteiger partial charge in [-0.2, -0.15) is 12.6 Å². The summed E-state index contributed by atoms with van der Waals surface area (Å²) in [6.45, 7) is 1.48. The number of hydrogen-bond donors (Lipinski definition) is 8. The lowest BCUT2D eigenvalue weighted by atomic mass is 10.0. The minimum atomic E-state index is -1.25. The molecule has 0 aliphatic carbocycles. The predicted molar refractivity (Wildman–Crippen MR) is 135 cm³/mol. The summed E-state index contributed by atoms with van der Waals surface area (Å²) in [6.07, 6.45) is 4.82. The number of H-pyrrole nitrogens is 2. The molecule has 0 radical (unpaired) electrons. The highest BCUT2D eigenvalue weighted by molar-refractivity contribution is 7.80. The molecule has 0 fully saturated rings. The van der Waals surface area contributed by atoms with Gasteiger partial charge in [-0.05, 0) is 18.6 Å². The van der Waals surface area contributed by atoms with E-state index in [0.29, 0.717) is 5.69 Å². The van der Waals surface area contributed by atoms with Crippen LogP contribution in [0.25, 0.3) is 10.9 Å². The second-order valence-electron chi connectivity index (χ2n) is 8.34. The number of aromatic amines is 2. The van der Waals surface area contributed by atoms with Crippen molar-refractivity contribution in [3.63, 3.8) is 0 Å². The molecular formula is C23H29N7O5S. The fourth-order valence-corrected chi connectivity index (χ4v) is 3.84. The topological polar surface area (TPSA) is 195 Å². The van der Waals surface area contributed by atoms with E-state index in [9.17, 15) is 24.3 Å². The summed E-state index contributed by atoms with van der Waals surface area (Å²) in [4.78, 5) is 60.1. The third kappa shape index (κ3) is 6.86. The Balaban J connectivity index is 1.86. The van der Waals surface area contributed by atoms with Gasteiger partial charge in [0, 0.05) is 47.6 Å². The first-order valence-electron chi connectivity index (χ1n) is 11.2. The van der Waals surface area contributed by atoms with Gasteiger partial charge in [0.2, 0.25) is 17.7 Å². The second kappa shape index (κ2) is 12.2. The molecule has 8 N–H and O–H groups in total. The van der Waals surface area contributed by atoms with Crippen LogP contribution in [0.4, 0.5) is 0 Å². The zero-order chi connectivity index (χ0) is 26.2. The first-order valence-corrected chi connectivity index (χ1v) is 11.9. The number of nitrogens with zero attached hydrogens (tertiary/aromatic N) is 1. The lowest BCUT2D eigenvalue weighted by Crippen LogP contribution is -2.58. The van der Waals surface area contributed by atoms with Crippen molar-refractivity contribution in [2.45, 2.75) is 43.9 Å². The highest BCUT2D eigenvalue weighted by Gasteiger charge is 2.30. The summed E-state index contributed by atoms with van der Waals surface area (Å²) in [5.74, 6) is -3.28. The first-order chi connectivity index (χ1) is 17.2. The third-order valence-electron chi connectivity index (χ3n) is 5.55. The second-order valence-corrected chi connectivity index (χ2v) is 8.70. The molecule has 3 amide bonds. The number of benzene rings is 1. The van der Waals surface area contributed by atoms with Crippen LogP contribution in [-0.4, -0.2) is 73.7 Å². The van der Waals surface area contributed by atoms with Crippen LogP contribution < -0.4 is 21.7 Å². The van der Waals surface area contributed by atoms with Crippen LogP contribution in [-0.2, 0) is 32.0 Å². The number of carbonyl (C=O) groups excluding carboxylic acids is 3. The number of aliphatic carboxylic acids is 1. The van der Waals surface area contributed by atoms with E-state index in [2.05, 4.69) is 43.5 Å². The quantitative estimate of drug-likeness (QED) is 0.149. The first kappa shape index (κ1) is 26.8. The number of hydrogen-bond acceptors (Lipinski definition) is 7. The van der Waals surface area contributed by atoms with Crippen molar-refractivity contribution in [2.75, 3.05) is 5.75 Å². The molecule has 4 atom stereocenters. The Kier molecular flexibility index (Phi) is 9.08. The molecule has 0 bridgehead atoms. The molecule has 2 aromatic heterocycles. The van der Waals surface area contributed by atoms with Gasteiger partial charge in [0.05, 0.1) is 12.4 Å². The number of nitrogens with two attached hydrogens (primary N) is 1. The summed E-state index contributed by atoms with van der Waals surface area (Å²) >= 11 is 3.99. The van der Waals surface area contributed by atoms with Crippen molar-refractivity contribution in [3.8, 4) is 0 Å². The van der Waals surface area contributed by atoms with Crippen LogP contribution in [0.1, 0.15) is 18.2 Å². The summed E-state index contributed by atoms with van der Waals surface area (Å²) in [6, 6.07) is 3.13. The van der Waals surface area contributed by atoms with Crippen molar-refractivity contribution in [1.29, 1.82) is 0 Å². The van der Waals surface area contributed by atoms with Crippen LogP contribution in [0.15, 0.2) is 43.0 Å². The van der Waals surface area contributed by atoms with Crippen molar-refractivity contribution in [2.24, 2.45) is 5.73 Å². The van der Waals surface area contributed by atoms with Crippen molar-refractivity contribution < 1.29 is 24.3 Å². The number of nitrogens with one attached hydrogen (secondary N) is 5. The molecule has 3 aromatic rings. The molecule has 0 aliphatic heterocycles. The molecule has 0 aliphatic rings. The van der Waals surface area contributed by atoms with Crippen LogP contribution in [0.2, 0.25) is 0 Å². The van der Waals surface area contributed by atoms with Crippen molar-refractivity contribution >= 4 is 47.2 Å². The van der Waals surface area contributed by atoms with Gasteiger partial charge >= 0.3 is 5.97 Å². The molecule has 0 saturated heterocycles. The normalized spacial score (nSPS) is 14.4. The summed E-state index contributed by atoms with van der Waals surface area (Å²) in [7, 11) is 0. The number of imidazole rings is 1. The lowest BCUT2D eigenvalue weighted by molar-refractivity contribution is -0.141. The maximum absolute atomic E-state index is 13.3. The Bertz CT molecular complexity index is 1210. The molecule has 3 rings (SSSR count). The fraction of sp³-hybridized carbons (Fsp3) is 0.348. The standard InChI is InChI=1S/C23H29N7O5S/c1-12(24)20(31)28-18(7-14-9-25-11-27-14)22(33)29-17(21(32)30-19(10-36)23(34)35)6-13-8-26-16-5-3-2-4-15(13)16/h2-5,8-9,11-12,17-19,26,36H,6-7,10,24H2,1H3,(H,25,27)(H,28,31)(H,29,33)(H,30,32)(H,34,35). The summed E-state index contributed by atoms with van der Waals surface area (Å²) < 4.78 is 0. The van der Waals surface area contributed by atoms with E-state index < -0.39 is 47.9 Å². The van der Waals surface area contributed by atoms with E-state index in [1.54, 1.807) is 6.20 Å². The average Bonchev–Trinajstić information content (AvgIpc) is 3.51. The van der Waals surface area contributed by atoms with Crippen LogP contribution in [0.5, 0.6) is 0 Å². The lowest BCUT2D eigenvalue weighted by Gasteiger charge is -2.24.